The maximum atomic E-state index is 5.30. The molecule has 0 aliphatic heterocycles. The molecule has 0 spiro atoms. The number of thiocarbonyl (C=S) groups is 1. The van der Waals surface area contributed by atoms with Gasteiger partial charge in [-0.3, -0.25) is 0 Å². The van der Waals surface area contributed by atoms with Crippen molar-refractivity contribution in [3.05, 3.63) is 42.0 Å². The standard InChI is InChI=1S/C14H15N3S/c15-17-14(18)16-13-8-7-10(9-5-6-9)11-3-1-2-4-12(11)13/h1-4,7-9H,5-6,15H2,(H2,16,17,18). The normalized spacial score (nSPS) is 14.5. The van der Waals surface area contributed by atoms with E-state index >= 15 is 0 Å². The summed E-state index contributed by atoms with van der Waals surface area (Å²) >= 11 is 5.05. The molecule has 0 amide bonds. The average Bonchev–Trinajstić information content (AvgIpc) is 3.23. The van der Waals surface area contributed by atoms with Crippen molar-refractivity contribution in [3.63, 3.8) is 0 Å². The summed E-state index contributed by atoms with van der Waals surface area (Å²) in [6.07, 6.45) is 2.61. The molecule has 0 bridgehead atoms. The lowest BCUT2D eigenvalue weighted by atomic mass is 10.00. The van der Waals surface area contributed by atoms with Crippen molar-refractivity contribution in [2.45, 2.75) is 18.8 Å². The molecular formula is C14H15N3S. The molecular weight excluding hydrogens is 242 g/mol. The SMILES string of the molecule is NNC(=S)Nc1ccc(C2CC2)c2ccccc12. The highest BCUT2D eigenvalue weighted by molar-refractivity contribution is 7.80. The molecule has 92 valence electrons. The number of hydrogen-bond acceptors (Lipinski definition) is 2. The van der Waals surface area contributed by atoms with E-state index in [-0.39, 0.29) is 0 Å². The minimum Gasteiger partial charge on any atom is -0.331 e. The quantitative estimate of drug-likeness (QED) is 0.440. The van der Waals surface area contributed by atoms with Crippen LogP contribution in [0.3, 0.4) is 0 Å². The van der Waals surface area contributed by atoms with Crippen LogP contribution in [0.1, 0.15) is 24.3 Å². The van der Waals surface area contributed by atoms with Gasteiger partial charge in [-0.15, -0.1) is 0 Å². The van der Waals surface area contributed by atoms with Gasteiger partial charge in [-0.1, -0.05) is 30.3 Å². The Morgan fingerprint density at radius 3 is 2.50 bits per heavy atom. The van der Waals surface area contributed by atoms with Gasteiger partial charge in [0.15, 0.2) is 5.11 Å². The molecule has 4 heteroatoms. The molecule has 0 radical (unpaired) electrons. The van der Waals surface area contributed by atoms with Crippen LogP contribution in [0.15, 0.2) is 36.4 Å². The molecule has 1 aliphatic rings. The number of anilines is 1. The average molecular weight is 257 g/mol. The number of hydrogen-bond donors (Lipinski definition) is 3. The van der Waals surface area contributed by atoms with Crippen molar-refractivity contribution in [2.75, 3.05) is 5.32 Å². The van der Waals surface area contributed by atoms with E-state index in [2.05, 4.69) is 41.1 Å². The topological polar surface area (TPSA) is 50.1 Å². The fraction of sp³-hybridized carbons (Fsp3) is 0.214. The lowest BCUT2D eigenvalue weighted by Crippen LogP contribution is -2.34. The highest BCUT2D eigenvalue weighted by Gasteiger charge is 2.25. The van der Waals surface area contributed by atoms with E-state index < -0.39 is 0 Å². The van der Waals surface area contributed by atoms with Gasteiger partial charge < -0.3 is 10.7 Å². The monoisotopic (exact) mass is 257 g/mol. The molecule has 2 aromatic rings. The van der Waals surface area contributed by atoms with Crippen molar-refractivity contribution >= 4 is 33.8 Å². The number of nitrogens with two attached hydrogens (primary N) is 1. The van der Waals surface area contributed by atoms with Crippen LogP contribution >= 0.6 is 12.2 Å². The van der Waals surface area contributed by atoms with E-state index in [1.165, 1.54) is 29.2 Å². The summed E-state index contributed by atoms with van der Waals surface area (Å²) in [7, 11) is 0. The summed E-state index contributed by atoms with van der Waals surface area (Å²) < 4.78 is 0. The van der Waals surface area contributed by atoms with Gasteiger partial charge in [0, 0.05) is 11.1 Å². The van der Waals surface area contributed by atoms with Crippen LogP contribution in [0.2, 0.25) is 0 Å². The van der Waals surface area contributed by atoms with Gasteiger partial charge in [-0.25, -0.2) is 5.84 Å². The third-order valence-corrected chi connectivity index (χ3v) is 3.57. The lowest BCUT2D eigenvalue weighted by Gasteiger charge is -2.13. The van der Waals surface area contributed by atoms with Gasteiger partial charge in [0.2, 0.25) is 0 Å². The maximum Gasteiger partial charge on any atom is 0.185 e. The number of nitrogens with one attached hydrogen (secondary N) is 2. The second-order valence-corrected chi connectivity index (χ2v) is 5.03. The van der Waals surface area contributed by atoms with E-state index in [0.717, 1.165) is 11.6 Å². The number of fused-ring (bicyclic) bond motifs is 1. The second kappa shape index (κ2) is 4.55. The van der Waals surface area contributed by atoms with E-state index in [0.29, 0.717) is 5.11 Å². The minimum absolute atomic E-state index is 0.430. The van der Waals surface area contributed by atoms with Crippen LogP contribution in [0.25, 0.3) is 10.8 Å². The van der Waals surface area contributed by atoms with Crippen molar-refractivity contribution in [2.24, 2.45) is 5.84 Å². The fourth-order valence-corrected chi connectivity index (χ4v) is 2.45. The number of benzene rings is 2. The summed E-state index contributed by atoms with van der Waals surface area (Å²) in [5.74, 6) is 6.04. The first kappa shape index (κ1) is 11.4. The maximum absolute atomic E-state index is 5.30. The van der Waals surface area contributed by atoms with E-state index in [1.54, 1.807) is 0 Å². The zero-order chi connectivity index (χ0) is 12.5. The molecule has 0 heterocycles. The Kier molecular flexibility index (Phi) is 2.89. The summed E-state index contributed by atoms with van der Waals surface area (Å²) in [5, 5.41) is 6.05. The zero-order valence-corrected chi connectivity index (χ0v) is 10.8. The van der Waals surface area contributed by atoms with Crippen LogP contribution in [0.5, 0.6) is 0 Å². The Morgan fingerprint density at radius 1 is 1.11 bits per heavy atom. The molecule has 0 aromatic heterocycles. The first-order valence-electron chi connectivity index (χ1n) is 6.09. The minimum atomic E-state index is 0.430. The first-order valence-corrected chi connectivity index (χ1v) is 6.49. The van der Waals surface area contributed by atoms with Crippen LogP contribution in [-0.4, -0.2) is 5.11 Å². The number of rotatable bonds is 2. The van der Waals surface area contributed by atoms with Gasteiger partial charge in [-0.05, 0) is 48.0 Å². The molecule has 18 heavy (non-hydrogen) atoms. The summed E-state index contributed by atoms with van der Waals surface area (Å²) in [6.45, 7) is 0. The fourth-order valence-electron chi connectivity index (χ4n) is 2.34. The summed E-state index contributed by atoms with van der Waals surface area (Å²) in [5.41, 5.74) is 4.89. The van der Waals surface area contributed by atoms with E-state index in [4.69, 9.17) is 18.1 Å². The van der Waals surface area contributed by atoms with E-state index in [1.807, 2.05) is 6.07 Å². The summed E-state index contributed by atoms with van der Waals surface area (Å²) in [6, 6.07) is 12.7. The van der Waals surface area contributed by atoms with Crippen molar-refractivity contribution < 1.29 is 0 Å². The Balaban J connectivity index is 2.10. The van der Waals surface area contributed by atoms with Crippen LogP contribution in [0.4, 0.5) is 5.69 Å². The van der Waals surface area contributed by atoms with Crippen LogP contribution in [0, 0.1) is 0 Å². The van der Waals surface area contributed by atoms with Crippen molar-refractivity contribution in [1.29, 1.82) is 0 Å². The Bertz CT molecular complexity index is 605. The zero-order valence-electron chi connectivity index (χ0n) is 9.94. The predicted molar refractivity (Wildman–Crippen MR) is 79.5 cm³/mol. The molecule has 3 nitrogen and oxygen atoms in total. The Labute approximate surface area is 111 Å². The first-order chi connectivity index (χ1) is 8.79. The molecule has 0 unspecified atom stereocenters. The third kappa shape index (κ3) is 2.05. The lowest BCUT2D eigenvalue weighted by molar-refractivity contribution is 1.04. The molecule has 1 saturated carbocycles. The highest BCUT2D eigenvalue weighted by Crippen LogP contribution is 2.44. The molecule has 4 N–H and O–H groups in total. The van der Waals surface area contributed by atoms with Gasteiger partial charge in [0.05, 0.1) is 0 Å². The van der Waals surface area contributed by atoms with E-state index in [9.17, 15) is 0 Å². The van der Waals surface area contributed by atoms with Gasteiger partial charge in [0.1, 0.15) is 0 Å². The smallest absolute Gasteiger partial charge is 0.185 e. The van der Waals surface area contributed by atoms with Crippen LogP contribution < -0.4 is 16.6 Å². The molecule has 1 aliphatic carbocycles. The van der Waals surface area contributed by atoms with Gasteiger partial charge in [-0.2, -0.15) is 0 Å². The molecule has 1 fully saturated rings. The van der Waals surface area contributed by atoms with Gasteiger partial charge in [0.25, 0.3) is 0 Å². The van der Waals surface area contributed by atoms with Crippen LogP contribution in [-0.2, 0) is 0 Å². The summed E-state index contributed by atoms with van der Waals surface area (Å²) in [4.78, 5) is 0. The number of hydrazine groups is 1. The van der Waals surface area contributed by atoms with Crippen molar-refractivity contribution in [3.8, 4) is 0 Å². The van der Waals surface area contributed by atoms with Crippen molar-refractivity contribution in [1.82, 2.24) is 5.43 Å². The second-order valence-electron chi connectivity index (χ2n) is 4.62. The molecule has 0 atom stereocenters. The highest BCUT2D eigenvalue weighted by atomic mass is 32.1. The predicted octanol–water partition coefficient (Wildman–Crippen LogP) is 2.88. The Hall–Kier alpha value is -1.65. The third-order valence-electron chi connectivity index (χ3n) is 3.35. The Morgan fingerprint density at radius 2 is 1.83 bits per heavy atom. The molecule has 2 aromatic carbocycles. The van der Waals surface area contributed by atoms with Gasteiger partial charge >= 0.3 is 0 Å². The molecule has 3 rings (SSSR count). The largest absolute Gasteiger partial charge is 0.331 e. The molecule has 0 saturated heterocycles.